The Morgan fingerprint density at radius 3 is 2.47 bits per heavy atom. The molecule has 1 aromatic rings. The van der Waals surface area contributed by atoms with Gasteiger partial charge in [0.1, 0.15) is 0 Å². The molecule has 1 rings (SSSR count). The van der Waals surface area contributed by atoms with Crippen LogP contribution in [0.5, 0.6) is 0 Å². The number of guanidine groups is 2. The third kappa shape index (κ3) is 4.14. The van der Waals surface area contributed by atoms with Crippen molar-refractivity contribution in [3.63, 3.8) is 0 Å². The van der Waals surface area contributed by atoms with Gasteiger partial charge >= 0.3 is 0 Å². The van der Waals surface area contributed by atoms with Crippen molar-refractivity contribution in [1.82, 2.24) is 4.90 Å². The Bertz CT molecular complexity index is 385. The number of aliphatic imine (C=N–C) groups is 1. The number of nitrogens with zero attached hydrogens (tertiary/aromatic N) is 2. The molecule has 0 saturated heterocycles. The highest BCUT2D eigenvalue weighted by Crippen LogP contribution is 2.01. The molecule has 0 aliphatic rings. The Morgan fingerprint density at radius 1 is 1.29 bits per heavy atom. The zero-order chi connectivity index (χ0) is 12.7. The lowest BCUT2D eigenvalue weighted by molar-refractivity contribution is 0.585. The summed E-state index contributed by atoms with van der Waals surface area (Å²) in [7, 11) is 0. The van der Waals surface area contributed by atoms with Gasteiger partial charge in [0.05, 0.1) is 0 Å². The van der Waals surface area contributed by atoms with Crippen molar-refractivity contribution in [2.75, 3.05) is 13.1 Å². The van der Waals surface area contributed by atoms with Crippen LogP contribution in [0.2, 0.25) is 0 Å². The van der Waals surface area contributed by atoms with Crippen LogP contribution in [-0.2, 0) is 6.42 Å². The quantitative estimate of drug-likeness (QED) is 0.529. The van der Waals surface area contributed by atoms with Crippen molar-refractivity contribution in [1.29, 1.82) is 5.41 Å². The molecule has 17 heavy (non-hydrogen) atoms. The lowest BCUT2D eigenvalue weighted by Gasteiger charge is -2.21. The molecule has 0 spiro atoms. The van der Waals surface area contributed by atoms with Gasteiger partial charge in [0.15, 0.2) is 11.9 Å². The Kier molecular flexibility index (Phi) is 5.00. The number of benzene rings is 1. The molecule has 0 fully saturated rings. The molecule has 5 heteroatoms. The van der Waals surface area contributed by atoms with Crippen molar-refractivity contribution in [2.45, 2.75) is 13.3 Å². The van der Waals surface area contributed by atoms with Gasteiger partial charge in [0.25, 0.3) is 0 Å². The van der Waals surface area contributed by atoms with E-state index in [1.165, 1.54) is 10.5 Å². The SMILES string of the molecule is CCN=C(N)N(CCc1ccccc1)C(=N)N. The first kappa shape index (κ1) is 13.0. The first-order chi connectivity index (χ1) is 8.15. The van der Waals surface area contributed by atoms with Gasteiger partial charge in [-0.15, -0.1) is 0 Å². The molecule has 0 atom stereocenters. The summed E-state index contributed by atoms with van der Waals surface area (Å²) in [4.78, 5) is 5.57. The van der Waals surface area contributed by atoms with E-state index in [-0.39, 0.29) is 5.96 Å². The van der Waals surface area contributed by atoms with Crippen LogP contribution in [0.4, 0.5) is 0 Å². The first-order valence-corrected chi connectivity index (χ1v) is 5.60. The van der Waals surface area contributed by atoms with Crippen LogP contribution in [0.3, 0.4) is 0 Å². The second-order valence-corrected chi connectivity index (χ2v) is 3.61. The van der Waals surface area contributed by atoms with E-state index in [0.717, 1.165) is 6.42 Å². The second kappa shape index (κ2) is 6.52. The van der Waals surface area contributed by atoms with Crippen LogP contribution in [0, 0.1) is 5.41 Å². The Labute approximate surface area is 102 Å². The summed E-state index contributed by atoms with van der Waals surface area (Å²) >= 11 is 0. The summed E-state index contributed by atoms with van der Waals surface area (Å²) in [6, 6.07) is 10.0. The van der Waals surface area contributed by atoms with E-state index < -0.39 is 0 Å². The van der Waals surface area contributed by atoms with Gasteiger partial charge in [-0.3, -0.25) is 15.3 Å². The smallest absolute Gasteiger partial charge is 0.198 e. The number of rotatable bonds is 4. The molecule has 0 bridgehead atoms. The normalized spacial score (nSPS) is 11.2. The van der Waals surface area contributed by atoms with Crippen molar-refractivity contribution < 1.29 is 0 Å². The molecule has 0 radical (unpaired) electrons. The van der Waals surface area contributed by atoms with Gasteiger partial charge in [0.2, 0.25) is 0 Å². The topological polar surface area (TPSA) is 91.5 Å². The molecule has 5 nitrogen and oxygen atoms in total. The molecular weight excluding hydrogens is 214 g/mol. The Balaban J connectivity index is 2.63. The van der Waals surface area contributed by atoms with Crippen molar-refractivity contribution >= 4 is 11.9 Å². The van der Waals surface area contributed by atoms with E-state index in [1.807, 2.05) is 37.3 Å². The summed E-state index contributed by atoms with van der Waals surface area (Å²) in [5.74, 6) is 0.228. The van der Waals surface area contributed by atoms with Gasteiger partial charge in [-0.25, -0.2) is 0 Å². The maximum atomic E-state index is 7.47. The number of nitrogens with one attached hydrogen (secondary N) is 1. The van der Waals surface area contributed by atoms with Crippen LogP contribution >= 0.6 is 0 Å². The number of hydrogen-bond acceptors (Lipinski definition) is 2. The molecule has 92 valence electrons. The molecule has 0 saturated carbocycles. The molecule has 1 aromatic carbocycles. The molecular formula is C12H19N5. The first-order valence-electron chi connectivity index (χ1n) is 5.60. The molecule has 0 unspecified atom stereocenters. The minimum Gasteiger partial charge on any atom is -0.370 e. The number of hydrogen-bond donors (Lipinski definition) is 3. The second-order valence-electron chi connectivity index (χ2n) is 3.61. The lowest BCUT2D eigenvalue weighted by Crippen LogP contribution is -2.46. The number of nitrogens with two attached hydrogens (primary N) is 2. The highest BCUT2D eigenvalue weighted by atomic mass is 15.3. The highest BCUT2D eigenvalue weighted by Gasteiger charge is 2.10. The van der Waals surface area contributed by atoms with Crippen molar-refractivity contribution in [2.24, 2.45) is 16.5 Å². The summed E-state index contributed by atoms with van der Waals surface area (Å²) in [5, 5.41) is 7.47. The van der Waals surface area contributed by atoms with E-state index >= 15 is 0 Å². The maximum Gasteiger partial charge on any atom is 0.198 e. The predicted octanol–water partition coefficient (Wildman–Crippen LogP) is 0.759. The van der Waals surface area contributed by atoms with Gasteiger partial charge in [-0.2, -0.15) is 0 Å². The lowest BCUT2D eigenvalue weighted by atomic mass is 10.1. The average molecular weight is 233 g/mol. The average Bonchev–Trinajstić information content (AvgIpc) is 2.30. The zero-order valence-electron chi connectivity index (χ0n) is 10.1. The van der Waals surface area contributed by atoms with E-state index in [0.29, 0.717) is 19.0 Å². The van der Waals surface area contributed by atoms with E-state index in [2.05, 4.69) is 4.99 Å². The predicted molar refractivity (Wildman–Crippen MR) is 70.9 cm³/mol. The molecule has 0 heterocycles. The molecule has 0 amide bonds. The van der Waals surface area contributed by atoms with Gasteiger partial charge in [-0.1, -0.05) is 30.3 Å². The van der Waals surface area contributed by atoms with Crippen LogP contribution in [0.25, 0.3) is 0 Å². The van der Waals surface area contributed by atoms with Crippen molar-refractivity contribution in [3.8, 4) is 0 Å². The molecule has 0 aliphatic carbocycles. The third-order valence-corrected chi connectivity index (χ3v) is 2.35. The molecule has 5 N–H and O–H groups in total. The van der Waals surface area contributed by atoms with E-state index in [9.17, 15) is 0 Å². The monoisotopic (exact) mass is 233 g/mol. The third-order valence-electron chi connectivity index (χ3n) is 2.35. The van der Waals surface area contributed by atoms with Crippen LogP contribution in [0.1, 0.15) is 12.5 Å². The molecule has 0 aromatic heterocycles. The highest BCUT2D eigenvalue weighted by molar-refractivity contribution is 5.95. The summed E-state index contributed by atoms with van der Waals surface area (Å²) in [5.41, 5.74) is 12.4. The zero-order valence-corrected chi connectivity index (χ0v) is 10.1. The van der Waals surface area contributed by atoms with Crippen LogP contribution < -0.4 is 11.5 Å². The standard InChI is InChI=1S/C12H19N5/c1-2-16-12(15)17(11(13)14)9-8-10-6-4-3-5-7-10/h3-7H,2,8-9H2,1H3,(H3,13,14)(H2,15,16). The molecule has 0 aliphatic heterocycles. The fourth-order valence-electron chi connectivity index (χ4n) is 1.49. The summed E-state index contributed by atoms with van der Waals surface area (Å²) in [6.45, 7) is 3.04. The minimum absolute atomic E-state index is 0.0735. The van der Waals surface area contributed by atoms with E-state index in [4.69, 9.17) is 16.9 Å². The fourth-order valence-corrected chi connectivity index (χ4v) is 1.49. The van der Waals surface area contributed by atoms with E-state index in [1.54, 1.807) is 0 Å². The largest absolute Gasteiger partial charge is 0.370 e. The van der Waals surface area contributed by atoms with Crippen LogP contribution in [-0.4, -0.2) is 29.9 Å². The summed E-state index contributed by atoms with van der Waals surface area (Å²) in [6.07, 6.45) is 0.778. The van der Waals surface area contributed by atoms with Gasteiger partial charge < -0.3 is 11.5 Å². The Morgan fingerprint density at radius 2 is 1.94 bits per heavy atom. The van der Waals surface area contributed by atoms with Crippen molar-refractivity contribution in [3.05, 3.63) is 35.9 Å². The minimum atomic E-state index is -0.0735. The maximum absolute atomic E-state index is 7.47. The van der Waals surface area contributed by atoms with Crippen LogP contribution in [0.15, 0.2) is 35.3 Å². The van der Waals surface area contributed by atoms with Gasteiger partial charge in [-0.05, 0) is 18.9 Å². The fraction of sp³-hybridized carbons (Fsp3) is 0.333. The van der Waals surface area contributed by atoms with Gasteiger partial charge in [0, 0.05) is 13.1 Å². The summed E-state index contributed by atoms with van der Waals surface area (Å²) < 4.78 is 0. The Hall–Kier alpha value is -2.04.